The summed E-state index contributed by atoms with van der Waals surface area (Å²) in [4.78, 5) is 2.50. The minimum Gasteiger partial charge on any atom is -0.496 e. The zero-order chi connectivity index (χ0) is 17.6. The number of hydrogen-bond acceptors (Lipinski definition) is 4. The van der Waals surface area contributed by atoms with Crippen LogP contribution in [0.25, 0.3) is 0 Å². The molecule has 0 aliphatic carbocycles. The molecule has 3 rings (SSSR count). The monoisotopic (exact) mass is 340 g/mol. The van der Waals surface area contributed by atoms with E-state index in [9.17, 15) is 0 Å². The van der Waals surface area contributed by atoms with Gasteiger partial charge in [0.15, 0.2) is 0 Å². The van der Waals surface area contributed by atoms with Gasteiger partial charge in [-0.3, -0.25) is 4.90 Å². The number of likely N-dealkylation sites (tertiary alicyclic amines) is 1. The number of hydrogen-bond donors (Lipinski definition) is 1. The van der Waals surface area contributed by atoms with Crippen LogP contribution < -0.4 is 15.2 Å². The molecule has 0 spiro atoms. The van der Waals surface area contributed by atoms with E-state index in [0.29, 0.717) is 12.6 Å². The molecule has 0 radical (unpaired) electrons. The molecule has 4 heteroatoms. The van der Waals surface area contributed by atoms with Crippen molar-refractivity contribution in [2.45, 2.75) is 31.8 Å². The molecule has 0 bridgehead atoms. The molecule has 4 nitrogen and oxygen atoms in total. The predicted octanol–water partition coefficient (Wildman–Crippen LogP) is 3.61. The molecular weight excluding hydrogens is 312 g/mol. The van der Waals surface area contributed by atoms with Gasteiger partial charge in [-0.25, -0.2) is 0 Å². The second-order valence-electron chi connectivity index (χ2n) is 6.49. The molecule has 0 aromatic heterocycles. The highest BCUT2D eigenvalue weighted by Crippen LogP contribution is 2.39. The lowest BCUT2D eigenvalue weighted by atomic mass is 9.92. The summed E-state index contributed by atoms with van der Waals surface area (Å²) >= 11 is 0. The normalized spacial score (nSPS) is 17.2. The topological polar surface area (TPSA) is 47.7 Å². The Labute approximate surface area is 150 Å². The number of nitrogens with two attached hydrogens (primary N) is 1. The van der Waals surface area contributed by atoms with E-state index in [4.69, 9.17) is 15.2 Å². The lowest BCUT2D eigenvalue weighted by Gasteiger charge is -2.38. The fourth-order valence-corrected chi connectivity index (χ4v) is 3.62. The Morgan fingerprint density at radius 1 is 1.00 bits per heavy atom. The first kappa shape index (κ1) is 17.8. The van der Waals surface area contributed by atoms with Gasteiger partial charge in [-0.15, -0.1) is 0 Å². The van der Waals surface area contributed by atoms with Gasteiger partial charge in [0.05, 0.1) is 19.8 Å². The van der Waals surface area contributed by atoms with E-state index in [-0.39, 0.29) is 6.04 Å². The van der Waals surface area contributed by atoms with E-state index >= 15 is 0 Å². The van der Waals surface area contributed by atoms with Crippen LogP contribution in [0.4, 0.5) is 0 Å². The van der Waals surface area contributed by atoms with Crippen LogP contribution in [0, 0.1) is 0 Å². The molecule has 2 aromatic rings. The van der Waals surface area contributed by atoms with Crippen molar-refractivity contribution in [3.05, 3.63) is 59.7 Å². The van der Waals surface area contributed by atoms with Gasteiger partial charge in [0.1, 0.15) is 11.5 Å². The first-order valence-corrected chi connectivity index (χ1v) is 9.08. The van der Waals surface area contributed by atoms with Gasteiger partial charge in [0.25, 0.3) is 0 Å². The average Bonchev–Trinajstić information content (AvgIpc) is 2.65. The van der Waals surface area contributed by atoms with Gasteiger partial charge in [-0.1, -0.05) is 36.4 Å². The standard InChI is InChI=1S/C21H28N2O2/c1-3-25-20-11-7-5-9-18(20)21(23-14-12-16(22)13-15-23)17-8-4-6-10-19(17)24-2/h4-11,16,21H,3,12-15,22H2,1-2H3. The molecule has 1 atom stereocenters. The van der Waals surface area contributed by atoms with Crippen molar-refractivity contribution in [1.82, 2.24) is 4.90 Å². The van der Waals surface area contributed by atoms with Gasteiger partial charge >= 0.3 is 0 Å². The molecule has 0 saturated carbocycles. The summed E-state index contributed by atoms with van der Waals surface area (Å²) in [6.07, 6.45) is 2.03. The SMILES string of the molecule is CCOc1ccccc1C(c1ccccc1OC)N1CCC(N)CC1. The molecule has 0 amide bonds. The van der Waals surface area contributed by atoms with Crippen LogP contribution in [0.3, 0.4) is 0 Å². The molecule has 2 N–H and O–H groups in total. The number of para-hydroxylation sites is 2. The highest BCUT2D eigenvalue weighted by Gasteiger charge is 2.30. The lowest BCUT2D eigenvalue weighted by Crippen LogP contribution is -2.42. The summed E-state index contributed by atoms with van der Waals surface area (Å²) < 4.78 is 11.6. The van der Waals surface area contributed by atoms with Crippen LogP contribution in [0.5, 0.6) is 11.5 Å². The third-order valence-corrected chi connectivity index (χ3v) is 4.89. The molecule has 25 heavy (non-hydrogen) atoms. The third kappa shape index (κ3) is 3.97. The van der Waals surface area contributed by atoms with Gasteiger partial charge in [0.2, 0.25) is 0 Å². The summed E-state index contributed by atoms with van der Waals surface area (Å²) in [5.74, 6) is 1.85. The molecule has 134 valence electrons. The maximum atomic E-state index is 6.13. The molecule has 1 aliphatic rings. The Hall–Kier alpha value is -2.04. The molecule has 1 aliphatic heterocycles. The van der Waals surface area contributed by atoms with Gasteiger partial charge < -0.3 is 15.2 Å². The lowest BCUT2D eigenvalue weighted by molar-refractivity contribution is 0.169. The average molecular weight is 340 g/mol. The summed E-state index contributed by atoms with van der Waals surface area (Å²) in [5.41, 5.74) is 8.49. The summed E-state index contributed by atoms with van der Waals surface area (Å²) in [6, 6.07) is 17.0. The van der Waals surface area contributed by atoms with E-state index in [1.807, 2.05) is 25.1 Å². The molecule has 1 unspecified atom stereocenters. The van der Waals surface area contributed by atoms with Crippen molar-refractivity contribution in [2.24, 2.45) is 5.73 Å². The summed E-state index contributed by atoms with van der Waals surface area (Å²) in [7, 11) is 1.73. The minimum absolute atomic E-state index is 0.103. The van der Waals surface area contributed by atoms with Crippen LogP contribution in [0.1, 0.15) is 36.9 Å². The van der Waals surface area contributed by atoms with E-state index in [1.54, 1.807) is 7.11 Å². The van der Waals surface area contributed by atoms with Crippen LogP contribution >= 0.6 is 0 Å². The Morgan fingerprint density at radius 3 is 2.16 bits per heavy atom. The Balaban J connectivity index is 2.06. The zero-order valence-corrected chi connectivity index (χ0v) is 15.2. The van der Waals surface area contributed by atoms with Crippen molar-refractivity contribution >= 4 is 0 Å². The smallest absolute Gasteiger partial charge is 0.124 e. The highest BCUT2D eigenvalue weighted by atomic mass is 16.5. The Kier molecular flexibility index (Phi) is 5.95. The van der Waals surface area contributed by atoms with Crippen molar-refractivity contribution in [3.63, 3.8) is 0 Å². The Bertz CT molecular complexity index is 681. The van der Waals surface area contributed by atoms with Crippen LogP contribution in [-0.4, -0.2) is 37.7 Å². The molecular formula is C21H28N2O2. The second kappa shape index (κ2) is 8.37. The largest absolute Gasteiger partial charge is 0.496 e. The van der Waals surface area contributed by atoms with Crippen molar-refractivity contribution in [1.29, 1.82) is 0 Å². The quantitative estimate of drug-likeness (QED) is 0.873. The van der Waals surface area contributed by atoms with Crippen LogP contribution in [0.15, 0.2) is 48.5 Å². The zero-order valence-electron chi connectivity index (χ0n) is 15.2. The number of rotatable bonds is 6. The molecule has 1 fully saturated rings. The number of methoxy groups -OCH3 is 1. The predicted molar refractivity (Wildman–Crippen MR) is 101 cm³/mol. The molecule has 2 aromatic carbocycles. The van der Waals surface area contributed by atoms with E-state index in [0.717, 1.165) is 37.4 Å². The number of ether oxygens (including phenoxy) is 2. The van der Waals surface area contributed by atoms with E-state index in [1.165, 1.54) is 11.1 Å². The maximum absolute atomic E-state index is 6.13. The molecule has 1 saturated heterocycles. The maximum Gasteiger partial charge on any atom is 0.124 e. The first-order valence-electron chi connectivity index (χ1n) is 9.08. The third-order valence-electron chi connectivity index (χ3n) is 4.89. The van der Waals surface area contributed by atoms with Gasteiger partial charge in [-0.05, 0) is 31.9 Å². The van der Waals surface area contributed by atoms with Gasteiger partial charge in [0, 0.05) is 30.3 Å². The van der Waals surface area contributed by atoms with Crippen molar-refractivity contribution < 1.29 is 9.47 Å². The van der Waals surface area contributed by atoms with Crippen molar-refractivity contribution in [2.75, 3.05) is 26.8 Å². The fourth-order valence-electron chi connectivity index (χ4n) is 3.62. The fraction of sp³-hybridized carbons (Fsp3) is 0.429. The minimum atomic E-state index is 0.103. The number of piperidine rings is 1. The first-order chi connectivity index (χ1) is 12.2. The number of nitrogens with zero attached hydrogens (tertiary/aromatic N) is 1. The van der Waals surface area contributed by atoms with Crippen molar-refractivity contribution in [3.8, 4) is 11.5 Å². The Morgan fingerprint density at radius 2 is 1.56 bits per heavy atom. The van der Waals surface area contributed by atoms with E-state index < -0.39 is 0 Å². The molecule has 1 heterocycles. The second-order valence-corrected chi connectivity index (χ2v) is 6.49. The van der Waals surface area contributed by atoms with Gasteiger partial charge in [-0.2, -0.15) is 0 Å². The number of benzene rings is 2. The summed E-state index contributed by atoms with van der Waals surface area (Å²) in [5, 5.41) is 0. The van der Waals surface area contributed by atoms with Crippen LogP contribution in [-0.2, 0) is 0 Å². The van der Waals surface area contributed by atoms with Crippen LogP contribution in [0.2, 0.25) is 0 Å². The highest BCUT2D eigenvalue weighted by molar-refractivity contribution is 5.46. The van der Waals surface area contributed by atoms with E-state index in [2.05, 4.69) is 35.2 Å². The summed E-state index contributed by atoms with van der Waals surface area (Å²) in [6.45, 7) is 4.63.